The van der Waals surface area contributed by atoms with Crippen LogP contribution in [0.4, 0.5) is 5.13 Å². The lowest BCUT2D eigenvalue weighted by atomic mass is 10.1. The molecule has 160 valence electrons. The van der Waals surface area contributed by atoms with Crippen LogP contribution in [0.5, 0.6) is 11.5 Å². The zero-order valence-corrected chi connectivity index (χ0v) is 18.9. The van der Waals surface area contributed by atoms with Crippen LogP contribution in [-0.2, 0) is 11.2 Å². The predicted octanol–water partition coefficient (Wildman–Crippen LogP) is 4.23. The molecule has 0 unspecified atom stereocenters. The molecule has 0 aliphatic heterocycles. The van der Waals surface area contributed by atoms with Crippen LogP contribution >= 0.6 is 11.3 Å². The average Bonchev–Trinajstić information content (AvgIpc) is 3.16. The first-order valence-corrected chi connectivity index (χ1v) is 10.9. The van der Waals surface area contributed by atoms with E-state index in [0.717, 1.165) is 45.4 Å². The van der Waals surface area contributed by atoms with E-state index < -0.39 is 0 Å². The van der Waals surface area contributed by atoms with Crippen LogP contribution < -0.4 is 14.4 Å². The summed E-state index contributed by atoms with van der Waals surface area (Å²) in [4.78, 5) is 22.0. The van der Waals surface area contributed by atoms with Crippen molar-refractivity contribution in [1.82, 2.24) is 9.88 Å². The third-order valence-electron chi connectivity index (χ3n) is 4.70. The van der Waals surface area contributed by atoms with Crippen LogP contribution in [0, 0.1) is 0 Å². The number of amides is 1. The van der Waals surface area contributed by atoms with Gasteiger partial charge < -0.3 is 14.4 Å². The predicted molar refractivity (Wildman–Crippen MR) is 123 cm³/mol. The minimum absolute atomic E-state index is 0.0379. The van der Waals surface area contributed by atoms with E-state index in [2.05, 4.69) is 4.90 Å². The summed E-state index contributed by atoms with van der Waals surface area (Å²) in [6.45, 7) is 4.06. The topological polar surface area (TPSA) is 54.9 Å². The molecule has 2 aromatic carbocycles. The third-order valence-corrected chi connectivity index (χ3v) is 5.75. The molecule has 0 saturated heterocycles. The van der Waals surface area contributed by atoms with E-state index >= 15 is 0 Å². The van der Waals surface area contributed by atoms with E-state index in [-0.39, 0.29) is 5.91 Å². The van der Waals surface area contributed by atoms with E-state index in [1.165, 1.54) is 11.3 Å². The second kappa shape index (κ2) is 10.4. The van der Waals surface area contributed by atoms with E-state index in [9.17, 15) is 4.79 Å². The van der Waals surface area contributed by atoms with E-state index in [4.69, 9.17) is 14.5 Å². The summed E-state index contributed by atoms with van der Waals surface area (Å²) in [6.07, 6.45) is 1.19. The van der Waals surface area contributed by atoms with Gasteiger partial charge in [-0.3, -0.25) is 9.69 Å². The van der Waals surface area contributed by atoms with E-state index in [1.54, 1.807) is 7.11 Å². The molecule has 0 N–H and O–H groups in total. The van der Waals surface area contributed by atoms with Gasteiger partial charge in [-0.25, -0.2) is 4.98 Å². The number of fused-ring (bicyclic) bond motifs is 1. The highest BCUT2D eigenvalue weighted by Gasteiger charge is 2.21. The van der Waals surface area contributed by atoms with Gasteiger partial charge >= 0.3 is 0 Å². The highest BCUT2D eigenvalue weighted by Crippen LogP contribution is 2.34. The maximum atomic E-state index is 13.2. The number of ether oxygens (including phenoxy) is 2. The molecular weight excluding hydrogens is 398 g/mol. The molecule has 0 saturated carbocycles. The molecule has 0 spiro atoms. The van der Waals surface area contributed by atoms with Crippen LogP contribution in [0.15, 0.2) is 42.5 Å². The first-order chi connectivity index (χ1) is 14.5. The monoisotopic (exact) mass is 427 g/mol. The number of aromatic nitrogens is 1. The molecule has 0 bridgehead atoms. The number of carbonyl (C=O) groups excluding carboxylic acids is 1. The fourth-order valence-corrected chi connectivity index (χ4v) is 4.21. The summed E-state index contributed by atoms with van der Waals surface area (Å²) < 4.78 is 12.0. The van der Waals surface area contributed by atoms with Crippen LogP contribution in [0.1, 0.15) is 18.9 Å². The molecule has 3 aromatic rings. The van der Waals surface area contributed by atoms with E-state index in [0.29, 0.717) is 19.6 Å². The van der Waals surface area contributed by atoms with Gasteiger partial charge in [-0.05, 0) is 63.8 Å². The number of para-hydroxylation sites is 1. The van der Waals surface area contributed by atoms with Crippen molar-refractivity contribution in [3.8, 4) is 11.5 Å². The van der Waals surface area contributed by atoms with Crippen molar-refractivity contribution in [3.05, 3.63) is 48.0 Å². The summed E-state index contributed by atoms with van der Waals surface area (Å²) >= 11 is 1.53. The van der Waals surface area contributed by atoms with Gasteiger partial charge in [0.15, 0.2) is 5.13 Å². The van der Waals surface area contributed by atoms with Crippen molar-refractivity contribution in [2.45, 2.75) is 19.8 Å². The fourth-order valence-electron chi connectivity index (χ4n) is 3.18. The van der Waals surface area contributed by atoms with Gasteiger partial charge in [0, 0.05) is 6.54 Å². The number of hydrogen-bond donors (Lipinski definition) is 0. The summed E-state index contributed by atoms with van der Waals surface area (Å²) in [5.74, 6) is 1.58. The molecule has 1 heterocycles. The number of rotatable bonds is 10. The molecule has 30 heavy (non-hydrogen) atoms. The smallest absolute Gasteiger partial charge is 0.233 e. The lowest BCUT2D eigenvalue weighted by molar-refractivity contribution is -0.118. The van der Waals surface area contributed by atoms with Crippen LogP contribution in [-0.4, -0.2) is 56.7 Å². The second-order valence-corrected chi connectivity index (χ2v) is 8.27. The third kappa shape index (κ3) is 5.49. The minimum Gasteiger partial charge on any atom is -0.497 e. The maximum absolute atomic E-state index is 13.2. The van der Waals surface area contributed by atoms with E-state index in [1.807, 2.05) is 68.4 Å². The summed E-state index contributed by atoms with van der Waals surface area (Å²) in [7, 11) is 5.71. The Labute approximate surface area is 182 Å². The molecule has 1 amide bonds. The first-order valence-electron chi connectivity index (χ1n) is 10.1. The molecule has 0 radical (unpaired) electrons. The summed E-state index contributed by atoms with van der Waals surface area (Å²) in [5.41, 5.74) is 1.77. The molecule has 0 aliphatic rings. The Morgan fingerprint density at radius 3 is 2.53 bits per heavy atom. The number of methoxy groups -OCH3 is 1. The SMILES string of the molecule is CCOc1cccc2sc(N(CCCN(C)C)C(=O)Cc3ccc(OC)cc3)nc12. The number of carbonyl (C=O) groups is 1. The quantitative estimate of drug-likeness (QED) is 0.485. The normalized spacial score (nSPS) is 11.1. The van der Waals surface area contributed by atoms with Gasteiger partial charge in [0.2, 0.25) is 5.91 Å². The highest BCUT2D eigenvalue weighted by molar-refractivity contribution is 7.22. The van der Waals surface area contributed by atoms with Crippen LogP contribution in [0.3, 0.4) is 0 Å². The van der Waals surface area contributed by atoms with Gasteiger partial charge in [0.25, 0.3) is 0 Å². The lowest BCUT2D eigenvalue weighted by Gasteiger charge is -2.21. The second-order valence-electron chi connectivity index (χ2n) is 7.26. The number of nitrogens with zero attached hydrogens (tertiary/aromatic N) is 3. The first kappa shape index (κ1) is 22.1. The highest BCUT2D eigenvalue weighted by atomic mass is 32.1. The van der Waals surface area contributed by atoms with Gasteiger partial charge in [-0.2, -0.15) is 0 Å². The van der Waals surface area contributed by atoms with Crippen molar-refractivity contribution in [3.63, 3.8) is 0 Å². The maximum Gasteiger partial charge on any atom is 0.233 e. The number of hydrogen-bond acceptors (Lipinski definition) is 6. The molecule has 3 rings (SSSR count). The summed E-state index contributed by atoms with van der Waals surface area (Å²) in [6, 6.07) is 13.5. The molecule has 0 fully saturated rings. The van der Waals surface area contributed by atoms with Gasteiger partial charge in [-0.15, -0.1) is 0 Å². The Hall–Kier alpha value is -2.64. The molecular formula is C23H29N3O3S. The zero-order chi connectivity index (χ0) is 21.5. The van der Waals surface area contributed by atoms with Gasteiger partial charge in [-0.1, -0.05) is 29.5 Å². The van der Waals surface area contributed by atoms with Crippen molar-refractivity contribution < 1.29 is 14.3 Å². The van der Waals surface area contributed by atoms with Gasteiger partial charge in [0.05, 0.1) is 24.8 Å². The van der Waals surface area contributed by atoms with Crippen molar-refractivity contribution in [2.75, 3.05) is 45.8 Å². The van der Waals surface area contributed by atoms with Crippen LogP contribution in [0.2, 0.25) is 0 Å². The summed E-state index contributed by atoms with van der Waals surface area (Å²) in [5, 5.41) is 0.717. The molecule has 0 aliphatic carbocycles. The molecule has 0 atom stereocenters. The molecule has 1 aromatic heterocycles. The Balaban J connectivity index is 1.86. The number of anilines is 1. The molecule has 7 heteroatoms. The largest absolute Gasteiger partial charge is 0.497 e. The average molecular weight is 428 g/mol. The Morgan fingerprint density at radius 2 is 1.87 bits per heavy atom. The molecule has 6 nitrogen and oxygen atoms in total. The van der Waals surface area contributed by atoms with Gasteiger partial charge in [0.1, 0.15) is 17.0 Å². The van der Waals surface area contributed by atoms with Crippen LogP contribution in [0.25, 0.3) is 10.2 Å². The number of benzene rings is 2. The van der Waals surface area contributed by atoms with Crippen molar-refractivity contribution in [2.24, 2.45) is 0 Å². The zero-order valence-electron chi connectivity index (χ0n) is 18.1. The number of thiazole rings is 1. The fraction of sp³-hybridized carbons (Fsp3) is 0.391. The van der Waals surface area contributed by atoms with Crippen molar-refractivity contribution >= 4 is 32.6 Å². The Morgan fingerprint density at radius 1 is 1.10 bits per heavy atom. The Kier molecular flexibility index (Phi) is 7.65. The minimum atomic E-state index is 0.0379. The Bertz CT molecular complexity index is 969. The standard InChI is InChI=1S/C23H29N3O3S/c1-5-29-19-8-6-9-20-22(19)24-23(30-20)26(15-7-14-25(2)3)21(27)16-17-10-12-18(28-4)13-11-17/h6,8-13H,5,7,14-16H2,1-4H3. The van der Waals surface area contributed by atoms with Crippen molar-refractivity contribution in [1.29, 1.82) is 0 Å². The lowest BCUT2D eigenvalue weighted by Crippen LogP contribution is -2.34.